The fraction of sp³-hybridized carbons (Fsp3) is 0.300. The molecule has 0 saturated carbocycles. The van der Waals surface area contributed by atoms with Crippen LogP contribution in [0.4, 0.5) is 5.82 Å². The molecule has 25 heavy (non-hydrogen) atoms. The number of aromatic nitrogens is 4. The molecule has 3 aromatic heterocycles. The third kappa shape index (κ3) is 2.86. The Morgan fingerprint density at radius 3 is 2.76 bits per heavy atom. The van der Waals surface area contributed by atoms with E-state index in [1.807, 2.05) is 24.8 Å². The minimum absolute atomic E-state index is 0.819. The van der Waals surface area contributed by atoms with Gasteiger partial charge >= 0.3 is 0 Å². The predicted octanol–water partition coefficient (Wildman–Crippen LogP) is 3.42. The molecule has 5 heteroatoms. The normalized spacial score (nSPS) is 13.6. The first-order valence-electron chi connectivity index (χ1n) is 8.56. The molecular weight excluding hydrogens is 310 g/mol. The smallest absolute Gasteiger partial charge is 0.154 e. The van der Waals surface area contributed by atoms with Crippen LogP contribution in [0, 0.1) is 20.8 Å². The Morgan fingerprint density at radius 1 is 1.04 bits per heavy atom. The summed E-state index contributed by atoms with van der Waals surface area (Å²) >= 11 is 0. The van der Waals surface area contributed by atoms with E-state index >= 15 is 0 Å². The van der Waals surface area contributed by atoms with E-state index in [0.717, 1.165) is 36.5 Å². The Bertz CT molecular complexity index is 935. The van der Waals surface area contributed by atoms with Crippen molar-refractivity contribution >= 4 is 5.82 Å². The number of rotatable bonds is 2. The molecule has 5 nitrogen and oxygen atoms in total. The van der Waals surface area contributed by atoms with Crippen LogP contribution < -0.4 is 4.90 Å². The molecule has 0 N–H and O–H groups in total. The van der Waals surface area contributed by atoms with Crippen molar-refractivity contribution in [3.05, 3.63) is 64.9 Å². The number of fused-ring (bicyclic) bond motifs is 1. The van der Waals surface area contributed by atoms with Gasteiger partial charge in [0.25, 0.3) is 0 Å². The molecule has 0 aromatic carbocycles. The van der Waals surface area contributed by atoms with Crippen molar-refractivity contribution in [1.82, 2.24) is 20.2 Å². The number of nitrogens with zero attached hydrogens (tertiary/aromatic N) is 5. The second-order valence-corrected chi connectivity index (χ2v) is 6.67. The average Bonchev–Trinajstić information content (AvgIpc) is 2.63. The van der Waals surface area contributed by atoms with E-state index < -0.39 is 0 Å². The first-order chi connectivity index (χ1) is 12.1. The summed E-state index contributed by atoms with van der Waals surface area (Å²) in [7, 11) is 0. The number of hydrogen-bond acceptors (Lipinski definition) is 5. The maximum atomic E-state index is 4.72. The van der Waals surface area contributed by atoms with Gasteiger partial charge in [-0.15, -0.1) is 5.10 Å². The van der Waals surface area contributed by atoms with Crippen molar-refractivity contribution < 1.29 is 0 Å². The molecule has 0 radical (unpaired) electrons. The summed E-state index contributed by atoms with van der Waals surface area (Å²) < 4.78 is 0. The van der Waals surface area contributed by atoms with Crippen molar-refractivity contribution in [2.75, 3.05) is 11.4 Å². The highest BCUT2D eigenvalue weighted by Gasteiger charge is 2.21. The van der Waals surface area contributed by atoms with Crippen molar-refractivity contribution in [1.29, 1.82) is 0 Å². The number of anilines is 1. The zero-order chi connectivity index (χ0) is 17.4. The van der Waals surface area contributed by atoms with Crippen molar-refractivity contribution in [2.24, 2.45) is 0 Å². The molecule has 1 aliphatic heterocycles. The van der Waals surface area contributed by atoms with Gasteiger partial charge in [-0.1, -0.05) is 0 Å². The van der Waals surface area contributed by atoms with Crippen molar-refractivity contribution in [3.8, 4) is 11.1 Å². The topological polar surface area (TPSA) is 54.8 Å². The largest absolute Gasteiger partial charge is 0.350 e. The number of hydrogen-bond donors (Lipinski definition) is 0. The number of pyridine rings is 2. The van der Waals surface area contributed by atoms with Gasteiger partial charge in [0.1, 0.15) is 0 Å². The second kappa shape index (κ2) is 6.24. The van der Waals surface area contributed by atoms with E-state index in [1.54, 1.807) is 0 Å². The van der Waals surface area contributed by atoms with Crippen molar-refractivity contribution in [3.63, 3.8) is 0 Å². The number of aryl methyl sites for hydroxylation is 2. The molecule has 0 amide bonds. The van der Waals surface area contributed by atoms with E-state index in [9.17, 15) is 0 Å². The Hall–Kier alpha value is -2.82. The van der Waals surface area contributed by atoms with Crippen LogP contribution in [0.2, 0.25) is 0 Å². The van der Waals surface area contributed by atoms with E-state index in [1.165, 1.54) is 27.9 Å². The third-order valence-electron chi connectivity index (χ3n) is 5.00. The highest BCUT2D eigenvalue weighted by atomic mass is 15.3. The first kappa shape index (κ1) is 15.7. The van der Waals surface area contributed by atoms with Gasteiger partial charge in [-0.3, -0.25) is 9.97 Å². The summed E-state index contributed by atoms with van der Waals surface area (Å²) in [6.45, 7) is 8.02. The first-order valence-corrected chi connectivity index (χ1v) is 8.56. The Labute approximate surface area is 147 Å². The Morgan fingerprint density at radius 2 is 1.92 bits per heavy atom. The zero-order valence-electron chi connectivity index (χ0n) is 14.8. The highest BCUT2D eigenvalue weighted by molar-refractivity contribution is 5.67. The second-order valence-electron chi connectivity index (χ2n) is 6.67. The Balaban J connectivity index is 1.70. The standard InChI is InChI=1S/C20H21N5/c1-13-10-23-24-20(15(13)3)25-7-5-19-17(12-25)8-16(11-22-19)18-4-6-21-9-14(18)2/h4,6,8-11H,5,7,12H2,1-3H3. The fourth-order valence-corrected chi connectivity index (χ4v) is 3.37. The lowest BCUT2D eigenvalue weighted by molar-refractivity contribution is 0.692. The molecule has 0 saturated heterocycles. The molecular formula is C20H21N5. The van der Waals surface area contributed by atoms with Gasteiger partial charge in [-0.05, 0) is 60.7 Å². The molecule has 1 aliphatic rings. The van der Waals surface area contributed by atoms with E-state index in [2.05, 4.69) is 53.0 Å². The highest BCUT2D eigenvalue weighted by Crippen LogP contribution is 2.29. The minimum Gasteiger partial charge on any atom is -0.350 e. The summed E-state index contributed by atoms with van der Waals surface area (Å²) in [5, 5.41) is 8.52. The summed E-state index contributed by atoms with van der Waals surface area (Å²) in [6.07, 6.45) is 8.46. The monoisotopic (exact) mass is 331 g/mol. The van der Waals surface area contributed by atoms with Gasteiger partial charge in [-0.25, -0.2) is 0 Å². The molecule has 0 fully saturated rings. The van der Waals surface area contributed by atoms with E-state index in [-0.39, 0.29) is 0 Å². The average molecular weight is 331 g/mol. The third-order valence-corrected chi connectivity index (χ3v) is 5.00. The summed E-state index contributed by atoms with van der Waals surface area (Å²) in [5.41, 5.74) is 8.33. The molecule has 4 heterocycles. The lowest BCUT2D eigenvalue weighted by Gasteiger charge is -2.30. The SMILES string of the molecule is Cc1cnccc1-c1cnc2c(c1)CN(c1nncc(C)c1C)CC2. The summed E-state index contributed by atoms with van der Waals surface area (Å²) in [4.78, 5) is 11.2. The molecule has 0 aliphatic carbocycles. The van der Waals surface area contributed by atoms with Crippen LogP contribution in [0.1, 0.15) is 27.9 Å². The van der Waals surface area contributed by atoms with E-state index in [0.29, 0.717) is 0 Å². The van der Waals surface area contributed by atoms with Gasteiger partial charge in [-0.2, -0.15) is 5.10 Å². The molecule has 0 unspecified atom stereocenters. The molecule has 4 rings (SSSR count). The summed E-state index contributed by atoms with van der Waals surface area (Å²) in [6, 6.07) is 4.31. The fourth-order valence-electron chi connectivity index (χ4n) is 3.37. The maximum absolute atomic E-state index is 4.72. The molecule has 0 spiro atoms. The van der Waals surface area contributed by atoms with E-state index in [4.69, 9.17) is 4.98 Å². The van der Waals surface area contributed by atoms with Crippen LogP contribution in [0.15, 0.2) is 36.9 Å². The van der Waals surface area contributed by atoms with Gasteiger partial charge in [0.05, 0.1) is 6.20 Å². The maximum Gasteiger partial charge on any atom is 0.154 e. The Kier molecular flexibility index (Phi) is 3.92. The van der Waals surface area contributed by atoms with Crippen LogP contribution in [0.3, 0.4) is 0 Å². The summed E-state index contributed by atoms with van der Waals surface area (Å²) in [5.74, 6) is 0.983. The van der Waals surface area contributed by atoms with Gasteiger partial charge < -0.3 is 4.90 Å². The van der Waals surface area contributed by atoms with Crippen molar-refractivity contribution in [2.45, 2.75) is 33.7 Å². The van der Waals surface area contributed by atoms with Crippen LogP contribution in [-0.2, 0) is 13.0 Å². The van der Waals surface area contributed by atoms with Gasteiger partial charge in [0, 0.05) is 49.4 Å². The molecule has 0 bridgehead atoms. The van der Waals surface area contributed by atoms with Gasteiger partial charge in [0.2, 0.25) is 0 Å². The van der Waals surface area contributed by atoms with Gasteiger partial charge in [0.15, 0.2) is 5.82 Å². The van der Waals surface area contributed by atoms with Crippen LogP contribution in [0.5, 0.6) is 0 Å². The lowest BCUT2D eigenvalue weighted by atomic mass is 9.98. The molecule has 0 atom stereocenters. The lowest BCUT2D eigenvalue weighted by Crippen LogP contribution is -2.32. The van der Waals surface area contributed by atoms with Crippen LogP contribution in [0.25, 0.3) is 11.1 Å². The van der Waals surface area contributed by atoms with Crippen LogP contribution >= 0.6 is 0 Å². The molecule has 3 aromatic rings. The minimum atomic E-state index is 0.819. The predicted molar refractivity (Wildman–Crippen MR) is 98.5 cm³/mol. The quantitative estimate of drug-likeness (QED) is 0.720. The van der Waals surface area contributed by atoms with Crippen LogP contribution in [-0.4, -0.2) is 26.7 Å². The zero-order valence-corrected chi connectivity index (χ0v) is 14.8. The molecule has 126 valence electrons.